The number of hydrogen-bond donors (Lipinski definition) is 9. The Morgan fingerprint density at radius 1 is 0.814 bits per heavy atom. The van der Waals surface area contributed by atoms with Crippen LogP contribution in [0.3, 0.4) is 0 Å². The van der Waals surface area contributed by atoms with Crippen LogP contribution in [0.25, 0.3) is 0 Å². The summed E-state index contributed by atoms with van der Waals surface area (Å²) in [4.78, 5) is 69.3. The average molecular weight is 596 g/mol. The number of carbonyl (C=O) groups is 4. The second kappa shape index (κ2) is 16.3. The molecule has 12 N–H and O–H groups in total. The number of carbonyl (C=O) groups excluding carboxylic acids is 3. The Labute approximate surface area is 247 Å². The van der Waals surface area contributed by atoms with Crippen LogP contribution in [0, 0.1) is 0 Å². The first kappa shape index (κ1) is 32.3. The number of nitrogens with zero attached hydrogens (tertiary/aromatic N) is 3. The van der Waals surface area contributed by atoms with E-state index in [-0.39, 0.29) is 38.2 Å². The molecule has 0 saturated heterocycles. The van der Waals surface area contributed by atoms with Gasteiger partial charge < -0.3 is 48.2 Å². The number of aliphatic imine (C=N–C) groups is 1. The number of amides is 3. The highest BCUT2D eigenvalue weighted by atomic mass is 16.4. The number of benzene rings is 1. The van der Waals surface area contributed by atoms with Gasteiger partial charge in [-0.25, -0.2) is 14.8 Å². The van der Waals surface area contributed by atoms with Gasteiger partial charge in [0.25, 0.3) is 0 Å². The molecule has 0 aliphatic rings. The number of aromatic amines is 2. The molecule has 2 aromatic heterocycles. The molecule has 16 nitrogen and oxygen atoms in total. The maximum Gasteiger partial charge on any atom is 0.326 e. The van der Waals surface area contributed by atoms with Gasteiger partial charge in [0.1, 0.15) is 18.1 Å². The van der Waals surface area contributed by atoms with Crippen molar-refractivity contribution in [1.82, 2.24) is 35.9 Å². The first-order valence-electron chi connectivity index (χ1n) is 13.6. The number of carboxylic acid groups (broad SMARTS) is 1. The molecule has 3 amide bonds. The molecular formula is C27H37N11O5. The largest absolute Gasteiger partial charge is 0.480 e. The molecule has 230 valence electrons. The molecule has 0 radical (unpaired) electrons. The van der Waals surface area contributed by atoms with Gasteiger partial charge in [-0.1, -0.05) is 30.3 Å². The van der Waals surface area contributed by atoms with Crippen LogP contribution in [0.15, 0.2) is 60.4 Å². The first-order valence-corrected chi connectivity index (χ1v) is 13.6. The number of rotatable bonds is 17. The number of aromatic nitrogens is 4. The van der Waals surface area contributed by atoms with E-state index in [0.717, 1.165) is 5.56 Å². The summed E-state index contributed by atoms with van der Waals surface area (Å²) in [5.41, 5.74) is 18.6. The van der Waals surface area contributed by atoms with E-state index in [1.54, 1.807) is 36.5 Å². The van der Waals surface area contributed by atoms with Gasteiger partial charge in [-0.3, -0.25) is 19.4 Å². The summed E-state index contributed by atoms with van der Waals surface area (Å²) in [7, 11) is 0. The van der Waals surface area contributed by atoms with E-state index in [0.29, 0.717) is 17.8 Å². The van der Waals surface area contributed by atoms with Crippen molar-refractivity contribution in [3.05, 3.63) is 72.3 Å². The Balaban J connectivity index is 1.76. The molecule has 4 unspecified atom stereocenters. The average Bonchev–Trinajstić information content (AvgIpc) is 3.68. The quantitative estimate of drug-likeness (QED) is 0.0474. The Bertz CT molecular complexity index is 1340. The third-order valence-electron chi connectivity index (χ3n) is 6.42. The zero-order chi connectivity index (χ0) is 31.2. The van der Waals surface area contributed by atoms with Crippen LogP contribution >= 0.6 is 0 Å². The Morgan fingerprint density at radius 2 is 1.37 bits per heavy atom. The maximum atomic E-state index is 13.6. The number of hydrogen-bond acceptors (Lipinski definition) is 8. The van der Waals surface area contributed by atoms with E-state index in [2.05, 4.69) is 40.9 Å². The third kappa shape index (κ3) is 10.9. The maximum absolute atomic E-state index is 13.6. The van der Waals surface area contributed by atoms with E-state index in [1.165, 1.54) is 18.9 Å². The van der Waals surface area contributed by atoms with Crippen LogP contribution in [-0.2, 0) is 38.4 Å². The van der Waals surface area contributed by atoms with E-state index < -0.39 is 47.9 Å². The van der Waals surface area contributed by atoms with Crippen molar-refractivity contribution in [2.24, 2.45) is 22.2 Å². The van der Waals surface area contributed by atoms with E-state index in [4.69, 9.17) is 17.2 Å². The second-order valence-corrected chi connectivity index (χ2v) is 9.83. The molecule has 4 atom stereocenters. The van der Waals surface area contributed by atoms with Crippen LogP contribution < -0.4 is 33.2 Å². The van der Waals surface area contributed by atoms with Gasteiger partial charge in [-0.05, 0) is 18.4 Å². The molecule has 3 rings (SSSR count). The van der Waals surface area contributed by atoms with Crippen molar-refractivity contribution in [1.29, 1.82) is 0 Å². The minimum Gasteiger partial charge on any atom is -0.480 e. The third-order valence-corrected chi connectivity index (χ3v) is 6.42. The second-order valence-electron chi connectivity index (χ2n) is 9.83. The molecule has 43 heavy (non-hydrogen) atoms. The van der Waals surface area contributed by atoms with Crippen LogP contribution in [0.4, 0.5) is 0 Å². The summed E-state index contributed by atoms with van der Waals surface area (Å²) in [5, 5.41) is 17.5. The summed E-state index contributed by atoms with van der Waals surface area (Å²) in [6, 6.07) is 4.35. The topological polar surface area (TPSA) is 272 Å². The number of carboxylic acids is 1. The Morgan fingerprint density at radius 3 is 1.93 bits per heavy atom. The first-order chi connectivity index (χ1) is 20.6. The zero-order valence-electron chi connectivity index (χ0n) is 23.4. The fourth-order valence-corrected chi connectivity index (χ4v) is 4.19. The number of H-pyrrole nitrogens is 2. The van der Waals surface area contributed by atoms with Crippen LogP contribution in [0.5, 0.6) is 0 Å². The molecule has 0 saturated carbocycles. The SMILES string of the molecule is NC(N)=NCCCC(NC(=O)C(Cc1ccccc1)NC(=O)C(Cc1cnc[nH]1)NC(=O)C(N)Cc1cnc[nH]1)C(=O)O. The van der Waals surface area contributed by atoms with Crippen molar-refractivity contribution in [2.45, 2.75) is 56.3 Å². The van der Waals surface area contributed by atoms with Crippen LogP contribution in [0.2, 0.25) is 0 Å². The molecular weight excluding hydrogens is 558 g/mol. The van der Waals surface area contributed by atoms with Gasteiger partial charge in [0.2, 0.25) is 17.7 Å². The Hall–Kier alpha value is -5.25. The fraction of sp³-hybridized carbons (Fsp3) is 0.370. The van der Waals surface area contributed by atoms with Gasteiger partial charge in [0.15, 0.2) is 5.96 Å². The number of nitrogens with two attached hydrogens (primary N) is 3. The van der Waals surface area contributed by atoms with Gasteiger partial charge in [0.05, 0.1) is 18.7 Å². The Kier molecular flexibility index (Phi) is 12.2. The standard InChI is InChI=1S/C27H37N11O5/c28-19(10-17-12-31-14-34-17)23(39)37-22(11-18-13-32-15-35-18)25(41)38-21(9-16-5-2-1-3-6-16)24(40)36-20(26(42)43)7-4-8-33-27(29)30/h1-3,5-6,12-15,19-22H,4,7-11,28H2,(H,31,34)(H,32,35)(H,36,40)(H,37,39)(H,38,41)(H,42,43)(H4,29,30,33). The van der Waals surface area contributed by atoms with E-state index in [9.17, 15) is 24.3 Å². The highest BCUT2D eigenvalue weighted by Gasteiger charge is 2.31. The van der Waals surface area contributed by atoms with Crippen molar-refractivity contribution in [3.8, 4) is 0 Å². The molecule has 3 aromatic rings. The number of guanidine groups is 1. The summed E-state index contributed by atoms with van der Waals surface area (Å²) in [5.74, 6) is -3.36. The molecule has 0 aliphatic heterocycles. The lowest BCUT2D eigenvalue weighted by molar-refractivity contribution is -0.142. The van der Waals surface area contributed by atoms with E-state index >= 15 is 0 Å². The molecule has 0 fully saturated rings. The lowest BCUT2D eigenvalue weighted by atomic mass is 10.0. The molecule has 16 heteroatoms. The predicted octanol–water partition coefficient (Wildman–Crippen LogP) is -1.92. The molecule has 1 aromatic carbocycles. The van der Waals surface area contributed by atoms with Gasteiger partial charge in [-0.15, -0.1) is 0 Å². The highest BCUT2D eigenvalue weighted by molar-refractivity contribution is 5.94. The predicted molar refractivity (Wildman–Crippen MR) is 156 cm³/mol. The lowest BCUT2D eigenvalue weighted by Crippen LogP contribution is -2.58. The monoisotopic (exact) mass is 595 g/mol. The minimum absolute atomic E-state index is 0.0244. The van der Waals surface area contributed by atoms with Crippen molar-refractivity contribution in [3.63, 3.8) is 0 Å². The molecule has 2 heterocycles. The van der Waals surface area contributed by atoms with Crippen molar-refractivity contribution in [2.75, 3.05) is 6.54 Å². The number of imidazole rings is 2. The number of aliphatic carboxylic acids is 1. The highest BCUT2D eigenvalue weighted by Crippen LogP contribution is 2.08. The smallest absolute Gasteiger partial charge is 0.326 e. The summed E-state index contributed by atoms with van der Waals surface area (Å²) >= 11 is 0. The van der Waals surface area contributed by atoms with Crippen molar-refractivity contribution < 1.29 is 24.3 Å². The summed E-state index contributed by atoms with van der Waals surface area (Å²) in [6.07, 6.45) is 6.53. The zero-order valence-corrected chi connectivity index (χ0v) is 23.4. The van der Waals surface area contributed by atoms with Crippen LogP contribution in [-0.4, -0.2) is 85.4 Å². The minimum atomic E-state index is -1.25. The summed E-state index contributed by atoms with van der Waals surface area (Å²) in [6.45, 7) is 0.184. The fourth-order valence-electron chi connectivity index (χ4n) is 4.19. The van der Waals surface area contributed by atoms with Gasteiger partial charge in [-0.2, -0.15) is 0 Å². The molecule has 0 bridgehead atoms. The summed E-state index contributed by atoms with van der Waals surface area (Å²) < 4.78 is 0. The van der Waals surface area contributed by atoms with Crippen LogP contribution in [0.1, 0.15) is 29.8 Å². The molecule has 0 aliphatic carbocycles. The molecule has 0 spiro atoms. The normalized spacial score (nSPS) is 13.6. The van der Waals surface area contributed by atoms with Crippen molar-refractivity contribution >= 4 is 29.7 Å². The van der Waals surface area contributed by atoms with E-state index in [1.807, 2.05) is 0 Å². The van der Waals surface area contributed by atoms with Gasteiger partial charge in [0, 0.05) is 49.6 Å². The van der Waals surface area contributed by atoms with Gasteiger partial charge >= 0.3 is 5.97 Å². The number of nitrogens with one attached hydrogen (secondary N) is 5. The lowest BCUT2D eigenvalue weighted by Gasteiger charge is -2.25.